The molecule has 0 aromatic heterocycles. The van der Waals surface area contributed by atoms with E-state index in [1.807, 2.05) is 20.8 Å². The summed E-state index contributed by atoms with van der Waals surface area (Å²) in [5.74, 6) is 0. The highest BCUT2D eigenvalue weighted by Crippen LogP contribution is 2.27. The number of carbonyl (C=O) groups excluding carboxylic acids is 1. The third-order valence-electron chi connectivity index (χ3n) is 4.11. The molecule has 1 aliphatic heterocycles. The highest BCUT2D eigenvalue weighted by atomic mass is 16.6. The van der Waals surface area contributed by atoms with Crippen LogP contribution in [-0.2, 0) is 9.47 Å². The lowest BCUT2D eigenvalue weighted by Gasteiger charge is -2.42. The number of hydrogen-bond acceptors (Lipinski definition) is 4. The molecule has 0 spiro atoms. The smallest absolute Gasteiger partial charge is 0.407 e. The Morgan fingerprint density at radius 2 is 1.81 bits per heavy atom. The van der Waals surface area contributed by atoms with Crippen LogP contribution in [0.15, 0.2) is 0 Å². The third-order valence-corrected chi connectivity index (χ3v) is 4.11. The molecular weight excluding hydrogens is 268 g/mol. The number of carbonyl (C=O) groups is 1. The van der Waals surface area contributed by atoms with E-state index >= 15 is 0 Å². The van der Waals surface area contributed by atoms with Gasteiger partial charge in [0.2, 0.25) is 0 Å². The zero-order chi connectivity index (χ0) is 16.1. The highest BCUT2D eigenvalue weighted by molar-refractivity contribution is 5.67. The van der Waals surface area contributed by atoms with Crippen molar-refractivity contribution in [3.8, 4) is 0 Å². The Bertz CT molecular complexity index is 342. The van der Waals surface area contributed by atoms with Crippen LogP contribution in [0.1, 0.15) is 54.4 Å². The largest absolute Gasteiger partial charge is 0.444 e. The Balaban J connectivity index is 2.49. The standard InChI is InChI=1S/C16H32N2O3/c1-7-16(8-2,18-9-15(6)11-20-12-15)10-17-13(19)21-14(3,4)5/h18H,7-12H2,1-6H3,(H,17,19). The molecule has 5 heteroatoms. The van der Waals surface area contributed by atoms with E-state index in [1.165, 1.54) is 0 Å². The Morgan fingerprint density at radius 1 is 1.24 bits per heavy atom. The summed E-state index contributed by atoms with van der Waals surface area (Å²) < 4.78 is 10.6. The minimum atomic E-state index is -0.463. The number of nitrogens with one attached hydrogen (secondary N) is 2. The maximum Gasteiger partial charge on any atom is 0.407 e. The Kier molecular flexibility index (Phi) is 6.05. The first kappa shape index (κ1) is 18.2. The second kappa shape index (κ2) is 6.97. The second-order valence-electron chi connectivity index (χ2n) is 7.50. The van der Waals surface area contributed by atoms with E-state index in [9.17, 15) is 4.79 Å². The van der Waals surface area contributed by atoms with Crippen molar-refractivity contribution >= 4 is 6.09 Å². The first-order valence-electron chi connectivity index (χ1n) is 7.93. The van der Waals surface area contributed by atoms with Crippen LogP contribution in [0.25, 0.3) is 0 Å². The molecule has 0 aromatic rings. The van der Waals surface area contributed by atoms with Gasteiger partial charge >= 0.3 is 6.09 Å². The lowest BCUT2D eigenvalue weighted by molar-refractivity contribution is -0.102. The molecule has 1 fully saturated rings. The topological polar surface area (TPSA) is 59.6 Å². The average Bonchev–Trinajstić information content (AvgIpc) is 2.35. The molecule has 0 unspecified atom stereocenters. The van der Waals surface area contributed by atoms with Gasteiger partial charge in [0.25, 0.3) is 0 Å². The van der Waals surface area contributed by atoms with E-state index in [1.54, 1.807) is 0 Å². The molecule has 1 amide bonds. The predicted octanol–water partition coefficient (Wildman–Crippen LogP) is 2.70. The maximum atomic E-state index is 11.8. The Labute approximate surface area is 129 Å². The monoisotopic (exact) mass is 300 g/mol. The number of alkyl carbamates (subject to hydrolysis) is 1. The van der Waals surface area contributed by atoms with E-state index in [-0.39, 0.29) is 17.0 Å². The third kappa shape index (κ3) is 5.83. The van der Waals surface area contributed by atoms with Crippen LogP contribution in [0.2, 0.25) is 0 Å². The molecule has 0 bridgehead atoms. The average molecular weight is 300 g/mol. The summed E-state index contributed by atoms with van der Waals surface area (Å²) in [5.41, 5.74) is -0.327. The van der Waals surface area contributed by atoms with Crippen LogP contribution < -0.4 is 10.6 Å². The zero-order valence-electron chi connectivity index (χ0n) is 14.5. The van der Waals surface area contributed by atoms with Crippen molar-refractivity contribution < 1.29 is 14.3 Å². The van der Waals surface area contributed by atoms with Gasteiger partial charge in [0.1, 0.15) is 5.60 Å². The quantitative estimate of drug-likeness (QED) is 0.759. The summed E-state index contributed by atoms with van der Waals surface area (Å²) in [5, 5.41) is 6.54. The van der Waals surface area contributed by atoms with Crippen molar-refractivity contribution in [3.05, 3.63) is 0 Å². The summed E-state index contributed by atoms with van der Waals surface area (Å²) in [6.45, 7) is 15.2. The predicted molar refractivity (Wildman–Crippen MR) is 84.5 cm³/mol. The molecular formula is C16H32N2O3. The van der Waals surface area contributed by atoms with Gasteiger partial charge in [-0.25, -0.2) is 4.79 Å². The Hall–Kier alpha value is -0.810. The molecule has 1 saturated heterocycles. The summed E-state index contributed by atoms with van der Waals surface area (Å²) in [7, 11) is 0. The van der Waals surface area contributed by atoms with Crippen molar-refractivity contribution in [2.24, 2.45) is 5.41 Å². The molecule has 0 aromatic carbocycles. The van der Waals surface area contributed by atoms with Gasteiger partial charge in [0, 0.05) is 24.0 Å². The highest BCUT2D eigenvalue weighted by Gasteiger charge is 2.36. The number of rotatable bonds is 7. The van der Waals surface area contributed by atoms with E-state index in [4.69, 9.17) is 9.47 Å². The van der Waals surface area contributed by atoms with E-state index < -0.39 is 5.60 Å². The first-order valence-corrected chi connectivity index (χ1v) is 7.93. The zero-order valence-corrected chi connectivity index (χ0v) is 14.5. The van der Waals surface area contributed by atoms with Gasteiger partial charge in [0.05, 0.1) is 13.2 Å². The fourth-order valence-corrected chi connectivity index (χ4v) is 2.32. The van der Waals surface area contributed by atoms with Crippen LogP contribution >= 0.6 is 0 Å². The van der Waals surface area contributed by atoms with Gasteiger partial charge in [-0.2, -0.15) is 0 Å². The minimum absolute atomic E-state index is 0.0878. The molecule has 0 radical (unpaired) electrons. The molecule has 2 N–H and O–H groups in total. The molecule has 1 rings (SSSR count). The fourth-order valence-electron chi connectivity index (χ4n) is 2.32. The molecule has 124 valence electrons. The molecule has 1 heterocycles. The van der Waals surface area contributed by atoms with E-state index in [0.717, 1.165) is 32.6 Å². The molecule has 21 heavy (non-hydrogen) atoms. The molecule has 0 saturated carbocycles. The number of ether oxygens (including phenoxy) is 2. The lowest BCUT2D eigenvalue weighted by atomic mass is 9.85. The van der Waals surface area contributed by atoms with E-state index in [0.29, 0.717) is 6.54 Å². The lowest BCUT2D eigenvalue weighted by Crippen LogP contribution is -2.58. The van der Waals surface area contributed by atoms with Gasteiger partial charge in [-0.05, 0) is 33.6 Å². The van der Waals surface area contributed by atoms with Crippen molar-refractivity contribution in [2.45, 2.75) is 65.5 Å². The molecule has 5 nitrogen and oxygen atoms in total. The summed E-state index contributed by atoms with van der Waals surface area (Å²) in [6, 6.07) is 0. The second-order valence-corrected chi connectivity index (χ2v) is 7.50. The van der Waals surface area contributed by atoms with Gasteiger partial charge < -0.3 is 20.1 Å². The Morgan fingerprint density at radius 3 is 2.19 bits per heavy atom. The van der Waals surface area contributed by atoms with Crippen LogP contribution in [0.3, 0.4) is 0 Å². The summed E-state index contributed by atoms with van der Waals surface area (Å²) in [4.78, 5) is 11.8. The number of hydrogen-bond donors (Lipinski definition) is 2. The fraction of sp³-hybridized carbons (Fsp3) is 0.938. The normalized spacial score (nSPS) is 18.0. The van der Waals surface area contributed by atoms with Gasteiger partial charge in [-0.3, -0.25) is 0 Å². The molecule has 1 aliphatic rings. The first-order chi connectivity index (χ1) is 9.64. The SMILES string of the molecule is CCC(CC)(CNC(=O)OC(C)(C)C)NCC1(C)COC1. The van der Waals surface area contributed by atoms with Crippen molar-refractivity contribution in [1.82, 2.24) is 10.6 Å². The summed E-state index contributed by atoms with van der Waals surface area (Å²) in [6.07, 6.45) is 1.56. The van der Waals surface area contributed by atoms with Crippen molar-refractivity contribution in [3.63, 3.8) is 0 Å². The molecule has 0 aliphatic carbocycles. The van der Waals surface area contributed by atoms with Crippen molar-refractivity contribution in [1.29, 1.82) is 0 Å². The van der Waals surface area contributed by atoms with Crippen LogP contribution in [-0.4, -0.2) is 43.5 Å². The van der Waals surface area contributed by atoms with Crippen LogP contribution in [0.5, 0.6) is 0 Å². The molecule has 0 atom stereocenters. The van der Waals surface area contributed by atoms with Gasteiger partial charge in [-0.1, -0.05) is 20.8 Å². The minimum Gasteiger partial charge on any atom is -0.444 e. The summed E-state index contributed by atoms with van der Waals surface area (Å²) >= 11 is 0. The van der Waals surface area contributed by atoms with E-state index in [2.05, 4.69) is 31.4 Å². The van der Waals surface area contributed by atoms with Crippen LogP contribution in [0, 0.1) is 5.41 Å². The van der Waals surface area contributed by atoms with Crippen molar-refractivity contribution in [2.75, 3.05) is 26.3 Å². The maximum absolute atomic E-state index is 11.8. The van der Waals surface area contributed by atoms with Gasteiger partial charge in [0.15, 0.2) is 0 Å². The van der Waals surface area contributed by atoms with Gasteiger partial charge in [-0.15, -0.1) is 0 Å². The van der Waals surface area contributed by atoms with Crippen LogP contribution in [0.4, 0.5) is 4.79 Å². The number of amides is 1.